The second-order valence-corrected chi connectivity index (χ2v) is 10.1. The van der Waals surface area contributed by atoms with Crippen molar-refractivity contribution in [1.29, 1.82) is 0 Å². The van der Waals surface area contributed by atoms with Gasteiger partial charge in [0.1, 0.15) is 5.82 Å². The van der Waals surface area contributed by atoms with Crippen LogP contribution < -0.4 is 10.0 Å². The van der Waals surface area contributed by atoms with Gasteiger partial charge in [0.05, 0.1) is 15.6 Å². The van der Waals surface area contributed by atoms with Crippen molar-refractivity contribution in [3.05, 3.63) is 93.5 Å². The molecule has 0 atom stereocenters. The van der Waals surface area contributed by atoms with E-state index < -0.39 is 21.7 Å². The molecule has 0 bridgehead atoms. The molecule has 0 aliphatic rings. The first-order valence-electron chi connectivity index (χ1n) is 9.32. The van der Waals surface area contributed by atoms with Crippen LogP contribution in [0.25, 0.3) is 11.3 Å². The van der Waals surface area contributed by atoms with E-state index in [1.54, 1.807) is 23.6 Å². The highest BCUT2D eigenvalue weighted by Gasteiger charge is 2.16. The summed E-state index contributed by atoms with van der Waals surface area (Å²) in [5.74, 6) is -1.02. The lowest BCUT2D eigenvalue weighted by Crippen LogP contribution is -2.15. The quantitative estimate of drug-likeness (QED) is 0.311. The maximum Gasteiger partial charge on any atom is 0.261 e. The van der Waals surface area contributed by atoms with Gasteiger partial charge in [0, 0.05) is 27.2 Å². The van der Waals surface area contributed by atoms with Crippen LogP contribution in [-0.4, -0.2) is 19.3 Å². The molecule has 0 aliphatic carbocycles. The molecule has 0 fully saturated rings. The van der Waals surface area contributed by atoms with Gasteiger partial charge in [-0.25, -0.2) is 17.8 Å². The Bertz CT molecular complexity index is 1440. The highest BCUT2D eigenvalue weighted by Crippen LogP contribution is 2.32. The lowest BCUT2D eigenvalue weighted by molar-refractivity contribution is 0.102. The minimum absolute atomic E-state index is 0.102. The normalized spacial score (nSPS) is 11.2. The maximum atomic E-state index is 13.1. The Morgan fingerprint density at radius 2 is 1.76 bits per heavy atom. The summed E-state index contributed by atoms with van der Waals surface area (Å²) >= 11 is 13.4. The number of benzene rings is 3. The molecule has 1 amide bonds. The van der Waals surface area contributed by atoms with Gasteiger partial charge in [-0.05, 0) is 60.7 Å². The van der Waals surface area contributed by atoms with Gasteiger partial charge < -0.3 is 0 Å². The van der Waals surface area contributed by atoms with Crippen molar-refractivity contribution < 1.29 is 17.6 Å². The van der Waals surface area contributed by atoms with Gasteiger partial charge >= 0.3 is 0 Å². The van der Waals surface area contributed by atoms with Crippen LogP contribution in [-0.2, 0) is 10.0 Å². The van der Waals surface area contributed by atoms with Gasteiger partial charge in [-0.1, -0.05) is 29.3 Å². The zero-order valence-corrected chi connectivity index (χ0v) is 19.7. The number of nitrogens with one attached hydrogen (secondary N) is 2. The molecule has 0 radical (unpaired) electrons. The van der Waals surface area contributed by atoms with Crippen LogP contribution in [0.5, 0.6) is 0 Å². The van der Waals surface area contributed by atoms with E-state index in [9.17, 15) is 17.6 Å². The van der Waals surface area contributed by atoms with E-state index in [0.717, 1.165) is 24.3 Å². The molecular weight excluding hydrogens is 508 g/mol. The molecule has 33 heavy (non-hydrogen) atoms. The molecule has 0 saturated carbocycles. The van der Waals surface area contributed by atoms with Gasteiger partial charge in [-0.15, -0.1) is 11.3 Å². The van der Waals surface area contributed by atoms with Gasteiger partial charge in [-0.3, -0.25) is 14.8 Å². The molecule has 4 rings (SSSR count). The molecular formula is C22H14Cl2FN3O3S2. The van der Waals surface area contributed by atoms with E-state index in [1.165, 1.54) is 35.6 Å². The minimum atomic E-state index is -3.95. The van der Waals surface area contributed by atoms with Crippen LogP contribution in [0, 0.1) is 5.82 Å². The topological polar surface area (TPSA) is 88.2 Å². The third-order valence-electron chi connectivity index (χ3n) is 4.43. The van der Waals surface area contributed by atoms with Crippen LogP contribution in [0.2, 0.25) is 10.0 Å². The average molecular weight is 522 g/mol. The van der Waals surface area contributed by atoms with Crippen LogP contribution in [0.15, 0.2) is 77.0 Å². The Hall–Kier alpha value is -2.98. The van der Waals surface area contributed by atoms with Crippen molar-refractivity contribution in [2.45, 2.75) is 4.90 Å². The lowest BCUT2D eigenvalue weighted by atomic mass is 10.2. The summed E-state index contributed by atoms with van der Waals surface area (Å²) in [7, 11) is -3.95. The fourth-order valence-corrected chi connectivity index (χ4v) is 5.13. The van der Waals surface area contributed by atoms with Crippen molar-refractivity contribution >= 4 is 61.3 Å². The second kappa shape index (κ2) is 9.48. The number of carbonyl (C=O) groups is 1. The molecule has 168 valence electrons. The Labute approximate surface area is 203 Å². The van der Waals surface area contributed by atoms with Crippen molar-refractivity contribution in [3.63, 3.8) is 0 Å². The fourth-order valence-electron chi connectivity index (χ4n) is 2.87. The van der Waals surface area contributed by atoms with E-state index in [2.05, 4.69) is 15.0 Å². The summed E-state index contributed by atoms with van der Waals surface area (Å²) < 4.78 is 40.5. The molecule has 2 N–H and O–H groups in total. The molecule has 1 aromatic heterocycles. The zero-order valence-electron chi connectivity index (χ0n) is 16.6. The summed E-state index contributed by atoms with van der Waals surface area (Å²) in [6.45, 7) is 0. The number of hydrogen-bond donors (Lipinski definition) is 2. The molecule has 4 aromatic rings. The molecule has 11 heteroatoms. The van der Waals surface area contributed by atoms with E-state index in [-0.39, 0.29) is 16.1 Å². The zero-order chi connectivity index (χ0) is 23.6. The van der Waals surface area contributed by atoms with Crippen LogP contribution in [0.4, 0.5) is 15.2 Å². The third-order valence-corrected chi connectivity index (χ3v) is 7.14. The van der Waals surface area contributed by atoms with Crippen LogP contribution >= 0.6 is 34.5 Å². The number of thiazole rings is 1. The predicted molar refractivity (Wildman–Crippen MR) is 129 cm³/mol. The number of halogens is 3. The first-order valence-corrected chi connectivity index (χ1v) is 12.4. The highest BCUT2D eigenvalue weighted by atomic mass is 35.5. The van der Waals surface area contributed by atoms with E-state index in [0.29, 0.717) is 26.4 Å². The summed E-state index contributed by atoms with van der Waals surface area (Å²) in [5.41, 5.74) is 1.66. The standard InChI is InChI=1S/C22H14Cl2FN3O3S2/c23-14-4-9-18(19(24)11-14)20-12-32-22(26-20)27-21(29)13-2-1-3-16(10-13)28-33(30,31)17-7-5-15(25)6-8-17/h1-12,28H,(H,26,27,29). The number of hydrogen-bond acceptors (Lipinski definition) is 5. The first-order chi connectivity index (χ1) is 15.7. The Balaban J connectivity index is 1.49. The number of nitrogens with zero attached hydrogens (tertiary/aromatic N) is 1. The number of sulfonamides is 1. The third kappa shape index (κ3) is 5.51. The number of aromatic nitrogens is 1. The Morgan fingerprint density at radius 3 is 2.48 bits per heavy atom. The van der Waals surface area contributed by atoms with Gasteiger partial charge in [0.2, 0.25) is 0 Å². The lowest BCUT2D eigenvalue weighted by Gasteiger charge is -2.09. The van der Waals surface area contributed by atoms with Crippen molar-refractivity contribution in [2.24, 2.45) is 0 Å². The van der Waals surface area contributed by atoms with E-state index in [1.807, 2.05) is 0 Å². The van der Waals surface area contributed by atoms with Gasteiger partial charge in [0.15, 0.2) is 5.13 Å². The maximum absolute atomic E-state index is 13.1. The molecule has 0 unspecified atom stereocenters. The minimum Gasteiger partial charge on any atom is -0.298 e. The van der Waals surface area contributed by atoms with Crippen molar-refractivity contribution in [2.75, 3.05) is 10.0 Å². The largest absolute Gasteiger partial charge is 0.298 e. The Kier molecular flexibility index (Phi) is 6.66. The molecule has 0 aliphatic heterocycles. The van der Waals surface area contributed by atoms with Gasteiger partial charge in [-0.2, -0.15) is 0 Å². The number of amides is 1. The second-order valence-electron chi connectivity index (χ2n) is 6.76. The summed E-state index contributed by atoms with van der Waals surface area (Å²) in [5, 5.41) is 5.72. The fraction of sp³-hybridized carbons (Fsp3) is 0. The summed E-state index contributed by atoms with van der Waals surface area (Å²) in [6.07, 6.45) is 0. The van der Waals surface area contributed by atoms with Crippen LogP contribution in [0.3, 0.4) is 0 Å². The smallest absolute Gasteiger partial charge is 0.261 e. The number of anilines is 2. The average Bonchev–Trinajstić information content (AvgIpc) is 3.22. The molecule has 6 nitrogen and oxygen atoms in total. The Morgan fingerprint density at radius 1 is 1.00 bits per heavy atom. The van der Waals surface area contributed by atoms with Crippen molar-refractivity contribution in [1.82, 2.24) is 4.98 Å². The number of carbonyl (C=O) groups excluding carboxylic acids is 1. The van der Waals surface area contributed by atoms with Gasteiger partial charge in [0.25, 0.3) is 15.9 Å². The molecule has 0 spiro atoms. The molecule has 3 aromatic carbocycles. The summed E-state index contributed by atoms with van der Waals surface area (Å²) in [4.78, 5) is 17.0. The predicted octanol–water partition coefficient (Wildman–Crippen LogP) is 6.31. The van der Waals surface area contributed by atoms with E-state index in [4.69, 9.17) is 23.2 Å². The first kappa shape index (κ1) is 23.2. The monoisotopic (exact) mass is 521 g/mol. The SMILES string of the molecule is O=C(Nc1nc(-c2ccc(Cl)cc2Cl)cs1)c1cccc(NS(=O)(=O)c2ccc(F)cc2)c1. The van der Waals surface area contributed by atoms with Crippen LogP contribution in [0.1, 0.15) is 10.4 Å². The molecule has 1 heterocycles. The summed E-state index contributed by atoms with van der Waals surface area (Å²) in [6, 6.07) is 15.4. The van der Waals surface area contributed by atoms with E-state index >= 15 is 0 Å². The number of rotatable bonds is 6. The highest BCUT2D eigenvalue weighted by molar-refractivity contribution is 7.92. The molecule has 0 saturated heterocycles. The van der Waals surface area contributed by atoms with Crippen molar-refractivity contribution in [3.8, 4) is 11.3 Å².